The van der Waals surface area contributed by atoms with E-state index in [-0.39, 0.29) is 5.91 Å². The normalized spacial score (nSPS) is 18.9. The standard InChI is InChI=1S/C14H29N3O/c1-4-5-8-17-9-6-12(7-10-17)16-13(18)11-14(2,3)15/h12H,4-11,15H2,1-3H3,(H,16,18). The van der Waals surface area contributed by atoms with Crippen LogP contribution in [0.3, 0.4) is 0 Å². The minimum atomic E-state index is -0.411. The summed E-state index contributed by atoms with van der Waals surface area (Å²) in [6, 6.07) is 0.345. The third-order valence-electron chi connectivity index (χ3n) is 3.40. The van der Waals surface area contributed by atoms with E-state index in [4.69, 9.17) is 5.73 Å². The van der Waals surface area contributed by atoms with Gasteiger partial charge in [-0.15, -0.1) is 0 Å². The Balaban J connectivity index is 2.21. The first-order chi connectivity index (χ1) is 8.40. The Labute approximate surface area is 111 Å². The summed E-state index contributed by atoms with van der Waals surface area (Å²) in [5.74, 6) is 0.0921. The summed E-state index contributed by atoms with van der Waals surface area (Å²) in [6.07, 6.45) is 5.07. The van der Waals surface area contributed by atoms with E-state index in [1.165, 1.54) is 19.4 Å². The first-order valence-corrected chi connectivity index (χ1v) is 7.21. The molecular formula is C14H29N3O. The molecule has 18 heavy (non-hydrogen) atoms. The van der Waals surface area contributed by atoms with Crippen LogP contribution in [0.15, 0.2) is 0 Å². The van der Waals surface area contributed by atoms with Crippen LogP contribution < -0.4 is 11.1 Å². The molecule has 4 nitrogen and oxygen atoms in total. The summed E-state index contributed by atoms with van der Waals surface area (Å²) in [4.78, 5) is 14.3. The summed E-state index contributed by atoms with van der Waals surface area (Å²) < 4.78 is 0. The molecule has 0 bridgehead atoms. The molecule has 106 valence electrons. The van der Waals surface area contributed by atoms with Crippen LogP contribution in [0.2, 0.25) is 0 Å². The van der Waals surface area contributed by atoms with Crippen molar-refractivity contribution < 1.29 is 4.79 Å². The third kappa shape index (κ3) is 6.36. The lowest BCUT2D eigenvalue weighted by atomic mass is 10.00. The number of carbonyl (C=O) groups is 1. The van der Waals surface area contributed by atoms with Crippen molar-refractivity contribution >= 4 is 5.91 Å². The highest BCUT2D eigenvalue weighted by atomic mass is 16.1. The molecule has 1 heterocycles. The molecule has 0 aromatic rings. The van der Waals surface area contributed by atoms with E-state index in [1.54, 1.807) is 0 Å². The maximum atomic E-state index is 11.8. The molecule has 0 radical (unpaired) electrons. The van der Waals surface area contributed by atoms with Crippen LogP contribution in [0.5, 0.6) is 0 Å². The smallest absolute Gasteiger partial charge is 0.222 e. The van der Waals surface area contributed by atoms with Gasteiger partial charge in [0.2, 0.25) is 5.91 Å². The molecular weight excluding hydrogens is 226 g/mol. The van der Waals surface area contributed by atoms with Crippen molar-refractivity contribution in [3.8, 4) is 0 Å². The molecule has 4 heteroatoms. The zero-order valence-corrected chi connectivity index (χ0v) is 12.2. The van der Waals surface area contributed by atoms with Crippen LogP contribution in [0.4, 0.5) is 0 Å². The Hall–Kier alpha value is -0.610. The first-order valence-electron chi connectivity index (χ1n) is 7.21. The van der Waals surface area contributed by atoms with Gasteiger partial charge in [-0.3, -0.25) is 4.79 Å². The van der Waals surface area contributed by atoms with Crippen LogP contribution >= 0.6 is 0 Å². The first kappa shape index (κ1) is 15.4. The third-order valence-corrected chi connectivity index (χ3v) is 3.40. The number of carbonyl (C=O) groups excluding carboxylic acids is 1. The van der Waals surface area contributed by atoms with Crippen molar-refractivity contribution in [1.82, 2.24) is 10.2 Å². The quantitative estimate of drug-likeness (QED) is 0.756. The highest BCUT2D eigenvalue weighted by molar-refractivity contribution is 5.77. The molecule has 1 aliphatic heterocycles. The van der Waals surface area contributed by atoms with E-state index < -0.39 is 5.54 Å². The highest BCUT2D eigenvalue weighted by Gasteiger charge is 2.22. The Morgan fingerprint density at radius 2 is 2.00 bits per heavy atom. The molecule has 1 amide bonds. The maximum absolute atomic E-state index is 11.8. The van der Waals surface area contributed by atoms with Gasteiger partial charge in [0.1, 0.15) is 0 Å². The number of amides is 1. The van der Waals surface area contributed by atoms with Crippen LogP contribution in [0, 0.1) is 0 Å². The van der Waals surface area contributed by atoms with Gasteiger partial charge in [-0.05, 0) is 39.7 Å². The topological polar surface area (TPSA) is 58.4 Å². The van der Waals surface area contributed by atoms with Gasteiger partial charge in [0, 0.05) is 31.1 Å². The Bertz CT molecular complexity index is 252. The van der Waals surface area contributed by atoms with Crippen LogP contribution in [-0.4, -0.2) is 42.0 Å². The van der Waals surface area contributed by atoms with Gasteiger partial charge in [-0.2, -0.15) is 0 Å². The Morgan fingerprint density at radius 1 is 1.39 bits per heavy atom. The monoisotopic (exact) mass is 255 g/mol. The molecule has 0 spiro atoms. The predicted octanol–water partition coefficient (Wildman–Crippen LogP) is 1.49. The largest absolute Gasteiger partial charge is 0.353 e. The highest BCUT2D eigenvalue weighted by Crippen LogP contribution is 2.12. The summed E-state index contributed by atoms with van der Waals surface area (Å²) in [6.45, 7) is 9.42. The molecule has 0 unspecified atom stereocenters. The number of nitrogens with zero attached hydrogens (tertiary/aromatic N) is 1. The van der Waals surface area contributed by atoms with Gasteiger partial charge in [0.25, 0.3) is 0 Å². The lowest BCUT2D eigenvalue weighted by Gasteiger charge is -2.32. The molecule has 0 saturated carbocycles. The minimum absolute atomic E-state index is 0.0921. The van der Waals surface area contributed by atoms with Gasteiger partial charge in [-0.25, -0.2) is 0 Å². The Morgan fingerprint density at radius 3 is 2.50 bits per heavy atom. The number of nitrogens with one attached hydrogen (secondary N) is 1. The fraction of sp³-hybridized carbons (Fsp3) is 0.929. The zero-order chi connectivity index (χ0) is 13.6. The molecule has 1 aliphatic rings. The van der Waals surface area contributed by atoms with Gasteiger partial charge >= 0.3 is 0 Å². The van der Waals surface area contributed by atoms with Gasteiger partial charge in [0.05, 0.1) is 0 Å². The molecule has 1 fully saturated rings. The number of rotatable bonds is 6. The minimum Gasteiger partial charge on any atom is -0.353 e. The van der Waals surface area contributed by atoms with Crippen molar-refractivity contribution in [2.75, 3.05) is 19.6 Å². The van der Waals surface area contributed by atoms with E-state index in [2.05, 4.69) is 17.1 Å². The summed E-state index contributed by atoms with van der Waals surface area (Å²) in [5.41, 5.74) is 5.44. The molecule has 3 N–H and O–H groups in total. The van der Waals surface area contributed by atoms with Gasteiger partial charge < -0.3 is 16.0 Å². The molecule has 1 saturated heterocycles. The van der Waals surface area contributed by atoms with Crippen LogP contribution in [0.25, 0.3) is 0 Å². The number of hydrogen-bond donors (Lipinski definition) is 2. The molecule has 0 aromatic heterocycles. The van der Waals surface area contributed by atoms with Crippen molar-refractivity contribution in [3.63, 3.8) is 0 Å². The zero-order valence-electron chi connectivity index (χ0n) is 12.2. The molecule has 0 atom stereocenters. The van der Waals surface area contributed by atoms with Crippen molar-refractivity contribution in [3.05, 3.63) is 0 Å². The van der Waals surface area contributed by atoms with Crippen molar-refractivity contribution in [2.24, 2.45) is 5.73 Å². The maximum Gasteiger partial charge on any atom is 0.222 e. The van der Waals surface area contributed by atoms with Crippen molar-refractivity contribution in [1.29, 1.82) is 0 Å². The lowest BCUT2D eigenvalue weighted by Crippen LogP contribution is -2.47. The van der Waals surface area contributed by atoms with Gasteiger partial charge in [-0.1, -0.05) is 13.3 Å². The van der Waals surface area contributed by atoms with Crippen LogP contribution in [-0.2, 0) is 4.79 Å². The second-order valence-electron chi connectivity index (χ2n) is 6.20. The molecule has 1 rings (SSSR count). The van der Waals surface area contributed by atoms with E-state index >= 15 is 0 Å². The molecule has 0 aromatic carbocycles. The Kier molecular flexibility index (Phi) is 6.09. The summed E-state index contributed by atoms with van der Waals surface area (Å²) in [7, 11) is 0. The lowest BCUT2D eigenvalue weighted by molar-refractivity contribution is -0.123. The summed E-state index contributed by atoms with van der Waals surface area (Å²) in [5, 5.41) is 3.11. The number of piperidine rings is 1. The van der Waals surface area contributed by atoms with E-state index in [9.17, 15) is 4.79 Å². The number of nitrogens with two attached hydrogens (primary N) is 1. The fourth-order valence-electron chi connectivity index (χ4n) is 2.38. The molecule has 0 aliphatic carbocycles. The average Bonchev–Trinajstić information content (AvgIpc) is 2.25. The second-order valence-corrected chi connectivity index (χ2v) is 6.20. The average molecular weight is 255 g/mol. The predicted molar refractivity (Wildman–Crippen MR) is 75.4 cm³/mol. The number of hydrogen-bond acceptors (Lipinski definition) is 3. The van der Waals surface area contributed by atoms with E-state index in [0.29, 0.717) is 12.5 Å². The van der Waals surface area contributed by atoms with Crippen molar-refractivity contribution in [2.45, 2.75) is 64.5 Å². The van der Waals surface area contributed by atoms with E-state index in [0.717, 1.165) is 25.9 Å². The number of unbranched alkanes of at least 4 members (excludes halogenated alkanes) is 1. The summed E-state index contributed by atoms with van der Waals surface area (Å²) >= 11 is 0. The fourth-order valence-corrected chi connectivity index (χ4v) is 2.38. The second kappa shape index (κ2) is 7.10. The SMILES string of the molecule is CCCCN1CCC(NC(=O)CC(C)(C)N)CC1. The van der Waals surface area contributed by atoms with Gasteiger partial charge in [0.15, 0.2) is 0 Å². The number of likely N-dealkylation sites (tertiary alicyclic amines) is 1. The van der Waals surface area contributed by atoms with Crippen LogP contribution in [0.1, 0.15) is 52.9 Å². The van der Waals surface area contributed by atoms with E-state index in [1.807, 2.05) is 13.8 Å².